The van der Waals surface area contributed by atoms with E-state index in [2.05, 4.69) is 15.4 Å². The SMILES string of the molecule is O=C(CC1CN(C(=O)C2CCC2)Cc2ccnn21)NCCc1ccncc1.O=C(O)C(F)(F)F. The second-order valence-electron chi connectivity index (χ2n) is 8.23. The molecule has 9 nitrogen and oxygen atoms in total. The Kier molecular flexibility index (Phi) is 8.24. The number of nitrogens with one attached hydrogen (secondary N) is 1. The van der Waals surface area contributed by atoms with Crippen molar-refractivity contribution in [1.82, 2.24) is 25.0 Å². The van der Waals surface area contributed by atoms with Gasteiger partial charge in [-0.05, 0) is 43.0 Å². The number of fused-ring (bicyclic) bond motifs is 1. The van der Waals surface area contributed by atoms with Crippen LogP contribution in [0.1, 0.15) is 43.0 Å². The molecule has 4 rings (SSSR count). The van der Waals surface area contributed by atoms with Gasteiger partial charge in [-0.3, -0.25) is 19.3 Å². The molecule has 1 atom stereocenters. The molecule has 1 unspecified atom stereocenters. The van der Waals surface area contributed by atoms with Crippen molar-refractivity contribution in [2.24, 2.45) is 5.92 Å². The number of rotatable bonds is 6. The number of nitrogens with zero attached hydrogens (tertiary/aromatic N) is 4. The summed E-state index contributed by atoms with van der Waals surface area (Å²) >= 11 is 0. The van der Waals surface area contributed by atoms with Crippen molar-refractivity contribution in [3.05, 3.63) is 48.0 Å². The summed E-state index contributed by atoms with van der Waals surface area (Å²) in [6.07, 6.45) is 4.42. The summed E-state index contributed by atoms with van der Waals surface area (Å²) in [5.74, 6) is -2.35. The van der Waals surface area contributed by atoms with Crippen LogP contribution in [0.25, 0.3) is 0 Å². The van der Waals surface area contributed by atoms with E-state index in [-0.39, 0.29) is 23.8 Å². The fraction of sp³-hybridized carbons (Fsp3) is 0.500. The predicted octanol–water partition coefficient (Wildman–Crippen LogP) is 2.34. The highest BCUT2D eigenvalue weighted by Crippen LogP contribution is 2.31. The van der Waals surface area contributed by atoms with Crippen LogP contribution in [-0.4, -0.2) is 61.8 Å². The number of hydrogen-bond acceptors (Lipinski definition) is 5. The molecule has 34 heavy (non-hydrogen) atoms. The van der Waals surface area contributed by atoms with Crippen molar-refractivity contribution in [3.63, 3.8) is 0 Å². The van der Waals surface area contributed by atoms with Gasteiger partial charge >= 0.3 is 12.1 Å². The first kappa shape index (κ1) is 25.2. The Morgan fingerprint density at radius 1 is 1.12 bits per heavy atom. The van der Waals surface area contributed by atoms with Crippen LogP contribution in [0.3, 0.4) is 0 Å². The summed E-state index contributed by atoms with van der Waals surface area (Å²) < 4.78 is 33.6. The first-order valence-corrected chi connectivity index (χ1v) is 10.9. The minimum atomic E-state index is -5.08. The third-order valence-electron chi connectivity index (χ3n) is 5.80. The highest BCUT2D eigenvalue weighted by molar-refractivity contribution is 5.80. The van der Waals surface area contributed by atoms with E-state index < -0.39 is 12.1 Å². The van der Waals surface area contributed by atoms with Crippen LogP contribution in [0.4, 0.5) is 13.2 Å². The predicted molar refractivity (Wildman–Crippen MR) is 113 cm³/mol. The van der Waals surface area contributed by atoms with Crippen molar-refractivity contribution in [2.75, 3.05) is 13.1 Å². The maximum atomic E-state index is 12.7. The van der Waals surface area contributed by atoms with Crippen LogP contribution in [0.2, 0.25) is 0 Å². The first-order chi connectivity index (χ1) is 16.1. The molecule has 12 heteroatoms. The molecule has 2 amide bonds. The van der Waals surface area contributed by atoms with Gasteiger partial charge in [0.05, 0.1) is 24.7 Å². The fourth-order valence-corrected chi connectivity index (χ4v) is 3.80. The summed E-state index contributed by atoms with van der Waals surface area (Å²) in [6.45, 7) is 1.74. The molecule has 3 heterocycles. The number of halogens is 3. The molecule has 0 aromatic carbocycles. The van der Waals surface area contributed by atoms with Crippen molar-refractivity contribution in [3.8, 4) is 0 Å². The Labute approximate surface area is 194 Å². The molecule has 0 radical (unpaired) electrons. The first-order valence-electron chi connectivity index (χ1n) is 10.9. The van der Waals surface area contributed by atoms with Gasteiger partial charge in [0.2, 0.25) is 11.8 Å². The molecule has 1 fully saturated rings. The Balaban J connectivity index is 0.000000406. The van der Waals surface area contributed by atoms with Gasteiger partial charge in [0.15, 0.2) is 0 Å². The topological polar surface area (TPSA) is 117 Å². The van der Waals surface area contributed by atoms with Gasteiger partial charge in [-0.25, -0.2) is 4.79 Å². The highest BCUT2D eigenvalue weighted by Gasteiger charge is 2.38. The zero-order valence-corrected chi connectivity index (χ0v) is 18.4. The summed E-state index contributed by atoms with van der Waals surface area (Å²) in [4.78, 5) is 39.9. The van der Waals surface area contributed by atoms with Crippen molar-refractivity contribution in [2.45, 2.75) is 50.9 Å². The second kappa shape index (κ2) is 11.1. The van der Waals surface area contributed by atoms with E-state index in [1.54, 1.807) is 18.6 Å². The molecule has 2 N–H and O–H groups in total. The Bertz CT molecular complexity index is 992. The fourth-order valence-electron chi connectivity index (χ4n) is 3.80. The van der Waals surface area contributed by atoms with Crippen molar-refractivity contribution in [1.29, 1.82) is 0 Å². The normalized spacial score (nSPS) is 17.6. The Morgan fingerprint density at radius 2 is 1.79 bits per heavy atom. The maximum Gasteiger partial charge on any atom is 0.490 e. The third-order valence-corrected chi connectivity index (χ3v) is 5.80. The number of hydrogen-bond donors (Lipinski definition) is 2. The van der Waals surface area contributed by atoms with Gasteiger partial charge in [0.1, 0.15) is 0 Å². The van der Waals surface area contributed by atoms with E-state index in [9.17, 15) is 22.8 Å². The van der Waals surface area contributed by atoms with E-state index in [0.29, 0.717) is 26.1 Å². The van der Waals surface area contributed by atoms with Crippen LogP contribution >= 0.6 is 0 Å². The Hall–Kier alpha value is -3.44. The molecular formula is C22H26F3N5O4. The van der Waals surface area contributed by atoms with Gasteiger partial charge < -0.3 is 15.3 Å². The second-order valence-corrected chi connectivity index (χ2v) is 8.23. The number of carboxylic acids is 1. The summed E-state index contributed by atoms with van der Waals surface area (Å²) in [5, 5.41) is 14.5. The lowest BCUT2D eigenvalue weighted by atomic mass is 9.84. The zero-order chi connectivity index (χ0) is 24.7. The number of pyridine rings is 1. The van der Waals surface area contributed by atoms with Crippen LogP contribution in [-0.2, 0) is 27.3 Å². The zero-order valence-electron chi connectivity index (χ0n) is 18.4. The minimum absolute atomic E-state index is 0.00607. The van der Waals surface area contributed by atoms with Crippen LogP contribution in [0.15, 0.2) is 36.8 Å². The van der Waals surface area contributed by atoms with Gasteiger partial charge in [0, 0.05) is 37.6 Å². The van der Waals surface area contributed by atoms with E-state index in [1.807, 2.05) is 27.8 Å². The lowest BCUT2D eigenvalue weighted by molar-refractivity contribution is -0.192. The minimum Gasteiger partial charge on any atom is -0.475 e. The van der Waals surface area contributed by atoms with Crippen LogP contribution < -0.4 is 5.32 Å². The molecule has 2 aliphatic rings. The lowest BCUT2D eigenvalue weighted by Gasteiger charge is -2.37. The molecule has 0 saturated heterocycles. The lowest BCUT2D eigenvalue weighted by Crippen LogP contribution is -2.46. The average Bonchev–Trinajstić information content (AvgIpc) is 3.22. The number of alkyl halides is 3. The average molecular weight is 481 g/mol. The molecule has 2 aromatic rings. The quantitative estimate of drug-likeness (QED) is 0.654. The third kappa shape index (κ3) is 6.78. The highest BCUT2D eigenvalue weighted by atomic mass is 19.4. The number of carboxylic acid groups (broad SMARTS) is 1. The summed E-state index contributed by atoms with van der Waals surface area (Å²) in [7, 11) is 0. The standard InChI is InChI=1S/C20H25N5O2.C2HF3O2/c26-19(22-10-6-15-4-8-21-9-5-15)12-18-14-24(20(27)16-2-1-3-16)13-17-7-11-23-25(17)18;3-2(4,5)1(6)7/h4-5,7-9,11,16,18H,1-3,6,10,12-14H2,(H,22,26);(H,6,7). The maximum absolute atomic E-state index is 12.7. The van der Waals surface area contributed by atoms with Crippen LogP contribution in [0.5, 0.6) is 0 Å². The molecular weight excluding hydrogens is 455 g/mol. The largest absolute Gasteiger partial charge is 0.490 e. The summed E-state index contributed by atoms with van der Waals surface area (Å²) in [6, 6.07) is 5.74. The monoisotopic (exact) mass is 481 g/mol. The molecule has 1 aliphatic heterocycles. The van der Waals surface area contributed by atoms with E-state index in [0.717, 1.165) is 36.9 Å². The molecule has 1 saturated carbocycles. The molecule has 0 bridgehead atoms. The van der Waals surface area contributed by atoms with Gasteiger partial charge in [-0.15, -0.1) is 0 Å². The van der Waals surface area contributed by atoms with Crippen molar-refractivity contribution < 1.29 is 32.7 Å². The molecule has 2 aromatic heterocycles. The van der Waals surface area contributed by atoms with Crippen LogP contribution in [0, 0.1) is 5.92 Å². The number of amides is 2. The molecule has 184 valence electrons. The van der Waals surface area contributed by atoms with Gasteiger partial charge in [0.25, 0.3) is 0 Å². The smallest absolute Gasteiger partial charge is 0.475 e. The summed E-state index contributed by atoms with van der Waals surface area (Å²) in [5.41, 5.74) is 2.15. The van der Waals surface area contributed by atoms with E-state index in [1.165, 1.54) is 0 Å². The van der Waals surface area contributed by atoms with Crippen molar-refractivity contribution >= 4 is 17.8 Å². The molecule has 1 aliphatic carbocycles. The van der Waals surface area contributed by atoms with E-state index >= 15 is 0 Å². The number of aliphatic carboxylic acids is 1. The van der Waals surface area contributed by atoms with Gasteiger partial charge in [-0.2, -0.15) is 18.3 Å². The Morgan fingerprint density at radius 3 is 2.38 bits per heavy atom. The molecule has 0 spiro atoms. The number of carbonyl (C=O) groups is 3. The van der Waals surface area contributed by atoms with E-state index in [4.69, 9.17) is 9.90 Å². The number of aromatic nitrogens is 3. The number of carbonyl (C=O) groups excluding carboxylic acids is 2. The van der Waals surface area contributed by atoms with Gasteiger partial charge in [-0.1, -0.05) is 6.42 Å².